The molecule has 0 saturated carbocycles. The molecule has 1 atom stereocenters. The van der Waals surface area contributed by atoms with E-state index in [0.717, 1.165) is 55.1 Å². The summed E-state index contributed by atoms with van der Waals surface area (Å²) in [5, 5.41) is 9.76. The molecule has 2 aromatic rings. The number of benzene rings is 2. The first-order valence-corrected chi connectivity index (χ1v) is 10.4. The molecular weight excluding hydrogens is 384 g/mol. The quantitative estimate of drug-likeness (QED) is 0.528. The summed E-state index contributed by atoms with van der Waals surface area (Å²) >= 11 is 6.15. The fourth-order valence-corrected chi connectivity index (χ4v) is 3.82. The van der Waals surface area contributed by atoms with Crippen molar-refractivity contribution >= 4 is 17.8 Å². The maximum absolute atomic E-state index is 6.62. The van der Waals surface area contributed by atoms with Gasteiger partial charge in [-0.2, -0.15) is 0 Å². The number of aliphatic imine (C=N–C) groups is 1. The summed E-state index contributed by atoms with van der Waals surface area (Å²) in [6, 6.07) is 15.9. The van der Waals surface area contributed by atoms with E-state index in [1.807, 2.05) is 48.5 Å². The van der Waals surface area contributed by atoms with E-state index in [4.69, 9.17) is 17.3 Å². The largest absolute Gasteiger partial charge is 0.372 e. The number of nitrogens with zero attached hydrogens (tertiary/aromatic N) is 2. The average molecular weight is 411 g/mol. The van der Waals surface area contributed by atoms with Crippen LogP contribution in [0, 0.1) is 0 Å². The van der Waals surface area contributed by atoms with E-state index in [-0.39, 0.29) is 0 Å². The van der Waals surface area contributed by atoms with Gasteiger partial charge in [-0.3, -0.25) is 11.2 Å². The standard InChI is InChI=1S/C22H27ClN6/c23-20-8-2-6-18(16-20)17-5-1-7-19(15-17)22(24)26-12-9-21(28-22)25-10-3-13-29-14-4-11-27-29/h1-2,5-9,12,15-16,25,27-28H,3-4,10-11,13-14,24H2. The summed E-state index contributed by atoms with van der Waals surface area (Å²) in [4.78, 5) is 4.51. The first kappa shape index (κ1) is 19.9. The van der Waals surface area contributed by atoms with Crippen molar-refractivity contribution in [2.75, 3.05) is 26.2 Å². The summed E-state index contributed by atoms with van der Waals surface area (Å²) in [6.45, 7) is 4.11. The van der Waals surface area contributed by atoms with Crippen molar-refractivity contribution in [2.24, 2.45) is 10.7 Å². The van der Waals surface area contributed by atoms with Gasteiger partial charge in [-0.1, -0.05) is 41.9 Å². The van der Waals surface area contributed by atoms with Gasteiger partial charge in [-0.05, 0) is 48.2 Å². The van der Waals surface area contributed by atoms with E-state index in [1.54, 1.807) is 6.21 Å². The van der Waals surface area contributed by atoms with E-state index < -0.39 is 5.79 Å². The van der Waals surface area contributed by atoms with Gasteiger partial charge in [-0.25, -0.2) is 10.0 Å². The molecule has 0 spiro atoms. The fraction of sp³-hybridized carbons (Fsp3) is 0.318. The molecule has 0 aromatic heterocycles. The Bertz CT molecular complexity index is 906. The van der Waals surface area contributed by atoms with Crippen LogP contribution < -0.4 is 21.8 Å². The van der Waals surface area contributed by atoms with Crippen LogP contribution in [0.5, 0.6) is 0 Å². The molecule has 2 aliphatic heterocycles. The Morgan fingerprint density at radius 2 is 2.00 bits per heavy atom. The number of halogens is 1. The van der Waals surface area contributed by atoms with Gasteiger partial charge in [0.1, 0.15) is 5.82 Å². The van der Waals surface area contributed by atoms with Gasteiger partial charge in [0, 0.05) is 43.0 Å². The molecule has 152 valence electrons. The first-order valence-electron chi connectivity index (χ1n) is 10.0. The van der Waals surface area contributed by atoms with Gasteiger partial charge in [0.25, 0.3) is 0 Å². The number of hydrogen-bond acceptors (Lipinski definition) is 6. The number of allylic oxidation sites excluding steroid dienone is 1. The zero-order chi connectivity index (χ0) is 20.1. The number of hydrazine groups is 1. The summed E-state index contributed by atoms with van der Waals surface area (Å²) in [6.07, 6.45) is 5.94. The summed E-state index contributed by atoms with van der Waals surface area (Å²) in [5.41, 5.74) is 13.0. The van der Waals surface area contributed by atoms with Gasteiger partial charge < -0.3 is 10.6 Å². The lowest BCUT2D eigenvalue weighted by Crippen LogP contribution is -2.52. The minimum atomic E-state index is -1.01. The first-order chi connectivity index (χ1) is 14.1. The number of nitrogens with one attached hydrogen (secondary N) is 3. The Hall–Kier alpha value is -2.38. The van der Waals surface area contributed by atoms with Crippen molar-refractivity contribution < 1.29 is 0 Å². The molecule has 2 aromatic carbocycles. The zero-order valence-electron chi connectivity index (χ0n) is 16.4. The second-order valence-electron chi connectivity index (χ2n) is 7.37. The van der Waals surface area contributed by atoms with Gasteiger partial charge in [0.2, 0.25) is 5.79 Å². The molecule has 2 aliphatic rings. The predicted molar refractivity (Wildman–Crippen MR) is 119 cm³/mol. The highest BCUT2D eigenvalue weighted by Crippen LogP contribution is 2.27. The van der Waals surface area contributed by atoms with Gasteiger partial charge >= 0.3 is 0 Å². The van der Waals surface area contributed by atoms with Crippen molar-refractivity contribution in [3.05, 3.63) is 71.0 Å². The number of hydrogen-bond donors (Lipinski definition) is 4. The fourth-order valence-electron chi connectivity index (χ4n) is 3.63. The lowest BCUT2D eigenvalue weighted by Gasteiger charge is -2.32. The van der Waals surface area contributed by atoms with Crippen molar-refractivity contribution in [3.8, 4) is 11.1 Å². The van der Waals surface area contributed by atoms with E-state index >= 15 is 0 Å². The maximum atomic E-state index is 6.62. The Morgan fingerprint density at radius 1 is 1.17 bits per heavy atom. The van der Waals surface area contributed by atoms with Crippen molar-refractivity contribution in [1.82, 2.24) is 21.1 Å². The van der Waals surface area contributed by atoms with Crippen molar-refractivity contribution in [3.63, 3.8) is 0 Å². The van der Waals surface area contributed by atoms with Crippen LogP contribution in [0.25, 0.3) is 11.1 Å². The summed E-state index contributed by atoms with van der Waals surface area (Å²) in [7, 11) is 0. The molecule has 1 unspecified atom stereocenters. The van der Waals surface area contributed by atoms with Crippen molar-refractivity contribution in [2.45, 2.75) is 18.6 Å². The maximum Gasteiger partial charge on any atom is 0.210 e. The third kappa shape index (κ3) is 4.97. The normalized spacial score (nSPS) is 21.7. The highest BCUT2D eigenvalue weighted by Gasteiger charge is 2.28. The van der Waals surface area contributed by atoms with Crippen LogP contribution >= 0.6 is 11.6 Å². The van der Waals surface area contributed by atoms with E-state index in [1.165, 1.54) is 6.42 Å². The SMILES string of the molecule is NC1(c2cccc(-c3cccc(Cl)c3)c2)N=CC=C(NCCCN2CCCN2)N1. The molecule has 0 radical (unpaired) electrons. The highest BCUT2D eigenvalue weighted by molar-refractivity contribution is 6.30. The minimum Gasteiger partial charge on any atom is -0.372 e. The van der Waals surface area contributed by atoms with E-state index in [0.29, 0.717) is 5.02 Å². The molecule has 0 amide bonds. The molecular formula is C22H27ClN6. The highest BCUT2D eigenvalue weighted by atomic mass is 35.5. The Morgan fingerprint density at radius 3 is 2.79 bits per heavy atom. The zero-order valence-corrected chi connectivity index (χ0v) is 17.1. The number of nitrogens with two attached hydrogens (primary N) is 1. The Balaban J connectivity index is 1.40. The molecule has 0 bridgehead atoms. The van der Waals surface area contributed by atoms with Gasteiger partial charge in [-0.15, -0.1) is 0 Å². The molecule has 29 heavy (non-hydrogen) atoms. The lowest BCUT2D eigenvalue weighted by atomic mass is 9.99. The lowest BCUT2D eigenvalue weighted by molar-refractivity contribution is 0.249. The van der Waals surface area contributed by atoms with Crippen LogP contribution in [0.15, 0.2) is 65.4 Å². The third-order valence-corrected chi connectivity index (χ3v) is 5.40. The topological polar surface area (TPSA) is 77.7 Å². The molecule has 1 saturated heterocycles. The third-order valence-electron chi connectivity index (χ3n) is 5.17. The Labute approximate surface area is 176 Å². The monoisotopic (exact) mass is 410 g/mol. The van der Waals surface area contributed by atoms with Crippen LogP contribution in [0.4, 0.5) is 0 Å². The molecule has 4 rings (SSSR count). The smallest absolute Gasteiger partial charge is 0.210 e. The van der Waals surface area contributed by atoms with Gasteiger partial charge in [0.15, 0.2) is 0 Å². The van der Waals surface area contributed by atoms with E-state index in [9.17, 15) is 0 Å². The molecule has 0 aliphatic carbocycles. The number of rotatable bonds is 7. The Kier molecular flexibility index (Phi) is 6.16. The van der Waals surface area contributed by atoms with E-state index in [2.05, 4.69) is 32.1 Å². The second-order valence-corrected chi connectivity index (χ2v) is 7.81. The average Bonchev–Trinajstić information content (AvgIpc) is 3.25. The predicted octanol–water partition coefficient (Wildman–Crippen LogP) is 2.78. The minimum absolute atomic E-state index is 0.711. The second kappa shape index (κ2) is 8.97. The molecule has 5 N–H and O–H groups in total. The van der Waals surface area contributed by atoms with Crippen LogP contribution in [-0.4, -0.2) is 37.4 Å². The molecule has 7 heteroatoms. The molecule has 6 nitrogen and oxygen atoms in total. The van der Waals surface area contributed by atoms with Crippen molar-refractivity contribution in [1.29, 1.82) is 0 Å². The van der Waals surface area contributed by atoms with Crippen LogP contribution in [0.3, 0.4) is 0 Å². The van der Waals surface area contributed by atoms with Crippen LogP contribution in [0.1, 0.15) is 18.4 Å². The van der Waals surface area contributed by atoms with Gasteiger partial charge in [0.05, 0.1) is 0 Å². The van der Waals surface area contributed by atoms with Crippen LogP contribution in [0.2, 0.25) is 5.02 Å². The molecule has 1 fully saturated rings. The summed E-state index contributed by atoms with van der Waals surface area (Å²) in [5.74, 6) is -0.132. The molecule has 2 heterocycles. The summed E-state index contributed by atoms with van der Waals surface area (Å²) < 4.78 is 0. The van der Waals surface area contributed by atoms with Crippen LogP contribution in [-0.2, 0) is 5.79 Å².